The molecule has 0 saturated carbocycles. The van der Waals surface area contributed by atoms with Crippen molar-refractivity contribution in [2.45, 2.75) is 6.42 Å². The fourth-order valence-corrected chi connectivity index (χ4v) is 2.80. The summed E-state index contributed by atoms with van der Waals surface area (Å²) in [6.45, 7) is 7.21. The number of rotatable bonds is 8. The average Bonchev–Trinajstić information content (AvgIpc) is 2.76. The van der Waals surface area contributed by atoms with Crippen molar-refractivity contribution < 1.29 is 23.8 Å². The Labute approximate surface area is 168 Å². The van der Waals surface area contributed by atoms with Crippen molar-refractivity contribution in [3.05, 3.63) is 91.5 Å². The number of ether oxygens (including phenoxy) is 3. The summed E-state index contributed by atoms with van der Waals surface area (Å²) >= 11 is 0. The highest BCUT2D eigenvalue weighted by atomic mass is 16.6. The Morgan fingerprint density at radius 1 is 0.793 bits per heavy atom. The molecule has 0 radical (unpaired) electrons. The summed E-state index contributed by atoms with van der Waals surface area (Å²) in [7, 11) is 0. The fraction of sp³-hybridized carbons (Fsp3) is 0.0833. The van der Waals surface area contributed by atoms with Crippen LogP contribution in [0.3, 0.4) is 0 Å². The van der Waals surface area contributed by atoms with E-state index in [0.717, 1.165) is 17.7 Å². The molecule has 0 unspecified atom stereocenters. The molecule has 146 valence electrons. The van der Waals surface area contributed by atoms with Crippen LogP contribution in [0.1, 0.15) is 5.56 Å². The van der Waals surface area contributed by atoms with Crippen molar-refractivity contribution in [1.29, 1.82) is 0 Å². The van der Waals surface area contributed by atoms with Crippen LogP contribution >= 0.6 is 0 Å². The number of esters is 2. The topological polar surface area (TPSA) is 61.8 Å². The molecule has 0 fully saturated rings. The van der Waals surface area contributed by atoms with E-state index >= 15 is 0 Å². The van der Waals surface area contributed by atoms with Gasteiger partial charge in [-0.3, -0.25) is 0 Å². The van der Waals surface area contributed by atoms with Gasteiger partial charge in [0.1, 0.15) is 5.75 Å². The normalized spacial score (nSPS) is 10.2. The first-order chi connectivity index (χ1) is 14.1. The summed E-state index contributed by atoms with van der Waals surface area (Å²) in [6, 6.07) is 18.5. The Morgan fingerprint density at radius 3 is 2.10 bits per heavy atom. The van der Waals surface area contributed by atoms with Crippen LogP contribution in [0.25, 0.3) is 10.8 Å². The first kappa shape index (κ1) is 19.9. The van der Waals surface area contributed by atoms with Crippen LogP contribution in [-0.2, 0) is 16.0 Å². The lowest BCUT2D eigenvalue weighted by atomic mass is 10.1. The van der Waals surface area contributed by atoms with E-state index in [-0.39, 0.29) is 5.75 Å². The van der Waals surface area contributed by atoms with Crippen LogP contribution in [0.5, 0.6) is 17.2 Å². The second-order valence-electron chi connectivity index (χ2n) is 6.08. The molecular formula is C24H20O5. The van der Waals surface area contributed by atoms with Gasteiger partial charge in [-0.1, -0.05) is 67.8 Å². The summed E-state index contributed by atoms with van der Waals surface area (Å²) in [5.41, 5.74) is 1.11. The third-order valence-corrected chi connectivity index (χ3v) is 4.16. The number of fused-ring (bicyclic) bond motifs is 1. The molecule has 0 aromatic heterocycles. The third-order valence-electron chi connectivity index (χ3n) is 4.16. The lowest BCUT2D eigenvalue weighted by molar-refractivity contribution is -0.130. The minimum absolute atomic E-state index is 0.247. The lowest BCUT2D eigenvalue weighted by Gasteiger charge is -2.16. The first-order valence-electron chi connectivity index (χ1n) is 9.03. The maximum atomic E-state index is 11.9. The molecule has 0 spiro atoms. The Balaban J connectivity index is 2.00. The largest absolute Gasteiger partial charge is 0.489 e. The highest BCUT2D eigenvalue weighted by molar-refractivity contribution is 5.99. The molecule has 0 N–H and O–H groups in total. The number of benzene rings is 3. The van der Waals surface area contributed by atoms with Gasteiger partial charge in [0, 0.05) is 35.4 Å². The van der Waals surface area contributed by atoms with E-state index in [4.69, 9.17) is 14.2 Å². The van der Waals surface area contributed by atoms with E-state index in [1.54, 1.807) is 30.3 Å². The number of carbonyl (C=O) groups excluding carboxylic acids is 2. The fourth-order valence-electron chi connectivity index (χ4n) is 2.80. The maximum Gasteiger partial charge on any atom is 0.335 e. The zero-order chi connectivity index (χ0) is 20.6. The second kappa shape index (κ2) is 9.37. The smallest absolute Gasteiger partial charge is 0.335 e. The zero-order valence-corrected chi connectivity index (χ0v) is 15.8. The quantitative estimate of drug-likeness (QED) is 0.319. The summed E-state index contributed by atoms with van der Waals surface area (Å²) in [5.74, 6) is -0.377. The highest BCUT2D eigenvalue weighted by Gasteiger charge is 2.18. The molecular weight excluding hydrogens is 368 g/mol. The lowest BCUT2D eigenvalue weighted by Crippen LogP contribution is -2.09. The maximum absolute atomic E-state index is 11.9. The van der Waals surface area contributed by atoms with Gasteiger partial charge in [-0.2, -0.15) is 0 Å². The molecule has 0 heterocycles. The predicted octanol–water partition coefficient (Wildman–Crippen LogP) is 4.64. The number of carbonyl (C=O) groups is 2. The Kier molecular flexibility index (Phi) is 6.43. The Bertz CT molecular complexity index is 1050. The van der Waals surface area contributed by atoms with Gasteiger partial charge in [-0.15, -0.1) is 0 Å². The molecule has 5 nitrogen and oxygen atoms in total. The van der Waals surface area contributed by atoms with Crippen LogP contribution in [0.15, 0.2) is 86.0 Å². The van der Waals surface area contributed by atoms with Crippen molar-refractivity contribution >= 4 is 22.7 Å². The Hall–Kier alpha value is -3.86. The van der Waals surface area contributed by atoms with Crippen LogP contribution in [0.4, 0.5) is 0 Å². The van der Waals surface area contributed by atoms with Gasteiger partial charge >= 0.3 is 11.9 Å². The second-order valence-corrected chi connectivity index (χ2v) is 6.08. The van der Waals surface area contributed by atoms with E-state index in [1.165, 1.54) is 0 Å². The van der Waals surface area contributed by atoms with E-state index < -0.39 is 11.9 Å². The summed E-state index contributed by atoms with van der Waals surface area (Å²) in [4.78, 5) is 23.7. The van der Waals surface area contributed by atoms with Crippen LogP contribution in [0.2, 0.25) is 0 Å². The molecule has 0 bridgehead atoms. The predicted molar refractivity (Wildman–Crippen MR) is 111 cm³/mol. The monoisotopic (exact) mass is 388 g/mol. The van der Waals surface area contributed by atoms with Gasteiger partial charge in [-0.25, -0.2) is 9.59 Å². The molecule has 3 aromatic rings. The van der Waals surface area contributed by atoms with Crippen molar-refractivity contribution in [2.75, 3.05) is 6.61 Å². The van der Waals surface area contributed by atoms with Gasteiger partial charge in [0.05, 0.1) is 6.61 Å². The van der Waals surface area contributed by atoms with Crippen LogP contribution in [0, 0.1) is 0 Å². The van der Waals surface area contributed by atoms with Gasteiger partial charge in [0.15, 0.2) is 11.5 Å². The van der Waals surface area contributed by atoms with Crippen LogP contribution in [-0.4, -0.2) is 18.5 Å². The summed E-state index contributed by atoms with van der Waals surface area (Å²) < 4.78 is 16.7. The van der Waals surface area contributed by atoms with E-state index in [9.17, 15) is 9.59 Å². The van der Waals surface area contributed by atoms with Crippen molar-refractivity contribution in [3.63, 3.8) is 0 Å². The molecule has 29 heavy (non-hydrogen) atoms. The molecule has 0 aliphatic carbocycles. The summed E-state index contributed by atoms with van der Waals surface area (Å²) in [6.07, 6.45) is 2.81. The average molecular weight is 388 g/mol. The van der Waals surface area contributed by atoms with Gasteiger partial charge in [0.25, 0.3) is 0 Å². The molecule has 5 heteroatoms. The standard InChI is InChI=1S/C24H20O5/c1-3-22(25)28-20-16-21(27-15-14-17-10-6-5-7-11-17)24(29-23(26)4-2)19-13-9-8-12-18(19)20/h3-13,16H,1-2,14-15H2. The van der Waals surface area contributed by atoms with Gasteiger partial charge < -0.3 is 14.2 Å². The van der Waals surface area contributed by atoms with Gasteiger partial charge in [0.2, 0.25) is 0 Å². The minimum atomic E-state index is -0.612. The third kappa shape index (κ3) is 4.90. The van der Waals surface area contributed by atoms with Crippen molar-refractivity contribution in [1.82, 2.24) is 0 Å². The molecule has 0 saturated heterocycles. The zero-order valence-electron chi connectivity index (χ0n) is 15.8. The number of hydrogen-bond acceptors (Lipinski definition) is 5. The van der Waals surface area contributed by atoms with Crippen molar-refractivity contribution in [2.24, 2.45) is 0 Å². The molecule has 0 atom stereocenters. The SMILES string of the molecule is C=CC(=O)Oc1cc(OCCc2ccccc2)c(OC(=O)C=C)c2ccccc12. The van der Waals surface area contributed by atoms with E-state index in [2.05, 4.69) is 13.2 Å². The van der Waals surface area contributed by atoms with E-state index in [1.807, 2.05) is 30.3 Å². The van der Waals surface area contributed by atoms with Gasteiger partial charge in [-0.05, 0) is 5.56 Å². The first-order valence-corrected chi connectivity index (χ1v) is 9.03. The van der Waals surface area contributed by atoms with Crippen molar-refractivity contribution in [3.8, 4) is 17.2 Å². The summed E-state index contributed by atoms with van der Waals surface area (Å²) in [5, 5.41) is 1.18. The molecule has 3 rings (SSSR count). The molecule has 0 amide bonds. The number of hydrogen-bond donors (Lipinski definition) is 0. The Morgan fingerprint density at radius 2 is 1.41 bits per heavy atom. The van der Waals surface area contributed by atoms with E-state index in [0.29, 0.717) is 35.3 Å². The molecule has 0 aliphatic heterocycles. The van der Waals surface area contributed by atoms with Crippen LogP contribution < -0.4 is 14.2 Å². The molecule has 3 aromatic carbocycles. The highest BCUT2D eigenvalue weighted by Crippen LogP contribution is 2.42. The molecule has 0 aliphatic rings. The minimum Gasteiger partial charge on any atom is -0.489 e.